The van der Waals surface area contributed by atoms with Gasteiger partial charge in [0.05, 0.1) is 0 Å². The summed E-state index contributed by atoms with van der Waals surface area (Å²) < 4.78 is 0.594. The van der Waals surface area contributed by atoms with Gasteiger partial charge in [-0.3, -0.25) is 0 Å². The normalized spacial score (nSPS) is 17.7. The average molecular weight is 221 g/mol. The molecule has 0 radical (unpaired) electrons. The van der Waals surface area contributed by atoms with Crippen LogP contribution in [0.5, 0.6) is 0 Å². The van der Waals surface area contributed by atoms with E-state index in [9.17, 15) is 0 Å². The van der Waals surface area contributed by atoms with Crippen LogP contribution >= 0.6 is 11.8 Å². The molecule has 1 aromatic carbocycles. The Kier molecular flexibility index (Phi) is 3.71. The fraction of sp³-hybridized carbons (Fsp3) is 0.538. The van der Waals surface area contributed by atoms with Crippen LogP contribution < -0.4 is 5.32 Å². The number of hydrogen-bond donors (Lipinski definition) is 1. The molecule has 1 N–H and O–H groups in total. The minimum absolute atomic E-state index is 0.594. The van der Waals surface area contributed by atoms with Crippen LogP contribution in [-0.2, 0) is 6.42 Å². The summed E-state index contributed by atoms with van der Waals surface area (Å²) >= 11 is 2.02. The van der Waals surface area contributed by atoms with Gasteiger partial charge in [-0.15, -0.1) is 0 Å². The van der Waals surface area contributed by atoms with Crippen molar-refractivity contribution in [1.29, 1.82) is 0 Å². The molecule has 0 spiro atoms. The molecule has 82 valence electrons. The van der Waals surface area contributed by atoms with Crippen LogP contribution in [0.4, 0.5) is 0 Å². The van der Waals surface area contributed by atoms with E-state index in [0.29, 0.717) is 4.75 Å². The first-order valence-electron chi connectivity index (χ1n) is 5.64. The first-order chi connectivity index (χ1) is 7.35. The Bertz CT molecular complexity index is 293. The first-order valence-corrected chi connectivity index (χ1v) is 6.87. The van der Waals surface area contributed by atoms with E-state index in [1.807, 2.05) is 11.8 Å². The zero-order chi connectivity index (χ0) is 10.6. The molecule has 1 fully saturated rings. The third-order valence-corrected chi connectivity index (χ3v) is 4.54. The molecule has 0 aromatic heterocycles. The molecule has 0 heterocycles. The molecule has 0 aliphatic heterocycles. The maximum atomic E-state index is 3.57. The van der Waals surface area contributed by atoms with Crippen molar-refractivity contribution >= 4 is 11.8 Å². The highest BCUT2D eigenvalue weighted by Crippen LogP contribution is 2.46. The van der Waals surface area contributed by atoms with Crippen LogP contribution in [0.25, 0.3) is 0 Å². The number of nitrogens with one attached hydrogen (secondary N) is 1. The Morgan fingerprint density at radius 2 is 2.00 bits per heavy atom. The van der Waals surface area contributed by atoms with E-state index < -0.39 is 0 Å². The summed E-state index contributed by atoms with van der Waals surface area (Å²) in [6.45, 7) is 2.29. The summed E-state index contributed by atoms with van der Waals surface area (Å²) in [5.41, 5.74) is 1.43. The molecule has 0 saturated heterocycles. The minimum atomic E-state index is 0.594. The highest BCUT2D eigenvalue weighted by atomic mass is 32.2. The molecule has 0 unspecified atom stereocenters. The molecular weight excluding hydrogens is 202 g/mol. The number of hydrogen-bond acceptors (Lipinski definition) is 2. The molecule has 1 aliphatic carbocycles. The fourth-order valence-electron chi connectivity index (χ4n) is 1.79. The largest absolute Gasteiger partial charge is 0.315 e. The molecule has 2 heteroatoms. The first kappa shape index (κ1) is 11.0. The number of rotatable bonds is 6. The Labute approximate surface area is 96.7 Å². The van der Waals surface area contributed by atoms with Gasteiger partial charge in [0.2, 0.25) is 0 Å². The van der Waals surface area contributed by atoms with Gasteiger partial charge in [0.1, 0.15) is 0 Å². The molecule has 1 aliphatic rings. The van der Waals surface area contributed by atoms with Crippen molar-refractivity contribution < 1.29 is 0 Å². The Balaban J connectivity index is 1.63. The van der Waals surface area contributed by atoms with Gasteiger partial charge in [-0.05, 0) is 37.6 Å². The highest BCUT2D eigenvalue weighted by Gasteiger charge is 2.41. The summed E-state index contributed by atoms with van der Waals surface area (Å²) in [5.74, 6) is 0. The summed E-state index contributed by atoms with van der Waals surface area (Å²) in [6.07, 6.45) is 6.16. The summed E-state index contributed by atoms with van der Waals surface area (Å²) in [6, 6.07) is 10.7. The molecule has 1 aromatic rings. The zero-order valence-electron chi connectivity index (χ0n) is 9.33. The number of thioether (sulfide) groups is 1. The molecular formula is C13H19NS. The number of benzene rings is 1. The molecule has 1 saturated carbocycles. The van der Waals surface area contributed by atoms with Crippen LogP contribution in [0.2, 0.25) is 0 Å². The van der Waals surface area contributed by atoms with Gasteiger partial charge in [-0.1, -0.05) is 30.3 Å². The van der Waals surface area contributed by atoms with E-state index in [1.54, 1.807) is 0 Å². The van der Waals surface area contributed by atoms with E-state index in [4.69, 9.17) is 0 Å². The van der Waals surface area contributed by atoms with Gasteiger partial charge in [-0.2, -0.15) is 11.8 Å². The van der Waals surface area contributed by atoms with E-state index in [-0.39, 0.29) is 0 Å². The summed E-state index contributed by atoms with van der Waals surface area (Å²) in [7, 11) is 0. The minimum Gasteiger partial charge on any atom is -0.315 e. The van der Waals surface area contributed by atoms with Gasteiger partial charge in [0.15, 0.2) is 0 Å². The summed E-state index contributed by atoms with van der Waals surface area (Å²) in [4.78, 5) is 0. The summed E-state index contributed by atoms with van der Waals surface area (Å²) in [5, 5.41) is 3.57. The SMILES string of the molecule is CSC1(CNCCc2ccccc2)CC1. The van der Waals surface area contributed by atoms with Gasteiger partial charge in [0.25, 0.3) is 0 Å². The average Bonchev–Trinajstić information content (AvgIpc) is 3.07. The third-order valence-electron chi connectivity index (χ3n) is 3.12. The van der Waals surface area contributed by atoms with Crippen LogP contribution in [0.15, 0.2) is 30.3 Å². The lowest BCUT2D eigenvalue weighted by molar-refractivity contribution is 0.660. The maximum absolute atomic E-state index is 3.57. The van der Waals surface area contributed by atoms with Gasteiger partial charge >= 0.3 is 0 Å². The standard InChI is InChI=1S/C13H19NS/c1-15-13(8-9-13)11-14-10-7-12-5-3-2-4-6-12/h2-6,14H,7-11H2,1H3. The second-order valence-corrected chi connectivity index (χ2v) is 5.57. The van der Waals surface area contributed by atoms with Crippen molar-refractivity contribution in [2.24, 2.45) is 0 Å². The van der Waals surface area contributed by atoms with E-state index in [1.165, 1.54) is 24.9 Å². The van der Waals surface area contributed by atoms with Gasteiger partial charge in [0, 0.05) is 11.3 Å². The molecule has 15 heavy (non-hydrogen) atoms. The Morgan fingerprint density at radius 3 is 2.60 bits per heavy atom. The van der Waals surface area contributed by atoms with Crippen LogP contribution in [-0.4, -0.2) is 24.1 Å². The van der Waals surface area contributed by atoms with E-state index in [0.717, 1.165) is 13.0 Å². The van der Waals surface area contributed by atoms with Gasteiger partial charge < -0.3 is 5.32 Å². The van der Waals surface area contributed by atoms with E-state index in [2.05, 4.69) is 41.9 Å². The predicted molar refractivity (Wildman–Crippen MR) is 68.5 cm³/mol. The van der Waals surface area contributed by atoms with Crippen LogP contribution in [0, 0.1) is 0 Å². The topological polar surface area (TPSA) is 12.0 Å². The van der Waals surface area contributed by atoms with Crippen molar-refractivity contribution in [3.8, 4) is 0 Å². The van der Waals surface area contributed by atoms with Crippen molar-refractivity contribution in [2.75, 3.05) is 19.3 Å². The molecule has 0 atom stereocenters. The monoisotopic (exact) mass is 221 g/mol. The lowest BCUT2D eigenvalue weighted by Gasteiger charge is -2.12. The zero-order valence-corrected chi connectivity index (χ0v) is 10.1. The van der Waals surface area contributed by atoms with Crippen molar-refractivity contribution in [3.63, 3.8) is 0 Å². The molecule has 1 nitrogen and oxygen atoms in total. The van der Waals surface area contributed by atoms with Crippen molar-refractivity contribution in [2.45, 2.75) is 24.0 Å². The molecule has 2 rings (SSSR count). The molecule has 0 bridgehead atoms. The third kappa shape index (κ3) is 3.25. The van der Waals surface area contributed by atoms with E-state index >= 15 is 0 Å². The van der Waals surface area contributed by atoms with Crippen LogP contribution in [0.1, 0.15) is 18.4 Å². The predicted octanol–water partition coefficient (Wildman–Crippen LogP) is 2.71. The van der Waals surface area contributed by atoms with Crippen molar-refractivity contribution in [3.05, 3.63) is 35.9 Å². The quantitative estimate of drug-likeness (QED) is 0.741. The van der Waals surface area contributed by atoms with Crippen molar-refractivity contribution in [1.82, 2.24) is 5.32 Å². The Morgan fingerprint density at radius 1 is 1.27 bits per heavy atom. The Hall–Kier alpha value is -0.470. The highest BCUT2D eigenvalue weighted by molar-refractivity contribution is 8.00. The maximum Gasteiger partial charge on any atom is 0.0282 e. The van der Waals surface area contributed by atoms with Gasteiger partial charge in [-0.25, -0.2) is 0 Å². The lowest BCUT2D eigenvalue weighted by Crippen LogP contribution is -2.27. The second-order valence-electron chi connectivity index (χ2n) is 4.30. The fourth-order valence-corrected chi connectivity index (χ4v) is 2.54. The smallest absolute Gasteiger partial charge is 0.0282 e. The lowest BCUT2D eigenvalue weighted by atomic mass is 10.1. The van der Waals surface area contributed by atoms with Crippen LogP contribution in [0.3, 0.4) is 0 Å². The molecule has 0 amide bonds. The second kappa shape index (κ2) is 5.04.